The van der Waals surface area contributed by atoms with Gasteiger partial charge in [0.1, 0.15) is 5.82 Å². The highest BCUT2D eigenvalue weighted by Gasteiger charge is 2.21. The van der Waals surface area contributed by atoms with Gasteiger partial charge in [-0.2, -0.15) is 0 Å². The van der Waals surface area contributed by atoms with Gasteiger partial charge in [-0.1, -0.05) is 38.4 Å². The van der Waals surface area contributed by atoms with Crippen molar-refractivity contribution in [3.63, 3.8) is 0 Å². The number of nitrogens with one attached hydrogen (secondary N) is 1. The van der Waals surface area contributed by atoms with Gasteiger partial charge in [0.15, 0.2) is 0 Å². The van der Waals surface area contributed by atoms with Crippen molar-refractivity contribution in [2.24, 2.45) is 11.8 Å². The summed E-state index contributed by atoms with van der Waals surface area (Å²) in [5, 5.41) is 11.6. The summed E-state index contributed by atoms with van der Waals surface area (Å²) in [4.78, 5) is 23.0. The summed E-state index contributed by atoms with van der Waals surface area (Å²) in [6.07, 6.45) is -0.0211. The summed E-state index contributed by atoms with van der Waals surface area (Å²) < 4.78 is 13.5. The van der Waals surface area contributed by atoms with Crippen LogP contribution in [0.15, 0.2) is 18.2 Å². The number of rotatable bonds is 7. The van der Waals surface area contributed by atoms with Crippen LogP contribution < -0.4 is 5.32 Å². The number of aliphatic carboxylic acids is 1. The fraction of sp³-hybridized carbons (Fsp3) is 0.500. The largest absolute Gasteiger partial charge is 0.481 e. The first-order valence-electron chi connectivity index (χ1n) is 7.16. The summed E-state index contributed by atoms with van der Waals surface area (Å²) in [6, 6.07) is 3.24. The lowest BCUT2D eigenvalue weighted by molar-refractivity contribution is -0.137. The van der Waals surface area contributed by atoms with E-state index in [4.69, 9.17) is 16.7 Å². The predicted octanol–water partition coefficient (Wildman–Crippen LogP) is 3.79. The SMILES string of the molecule is CC(C)C(C)CC(=O)NC(CC(=O)O)c1ccc(Cl)c(F)c1. The zero-order valence-electron chi connectivity index (χ0n) is 12.9. The quantitative estimate of drug-likeness (QED) is 0.799. The number of hydrogen-bond acceptors (Lipinski definition) is 2. The zero-order chi connectivity index (χ0) is 16.9. The lowest BCUT2D eigenvalue weighted by atomic mass is 9.94. The number of carbonyl (C=O) groups excluding carboxylic acids is 1. The molecule has 0 aliphatic carbocycles. The van der Waals surface area contributed by atoms with Gasteiger partial charge in [0.25, 0.3) is 0 Å². The Kier molecular flexibility index (Phi) is 6.81. The third-order valence-electron chi connectivity index (χ3n) is 3.71. The molecule has 4 nitrogen and oxygen atoms in total. The zero-order valence-corrected chi connectivity index (χ0v) is 13.7. The summed E-state index contributed by atoms with van der Waals surface area (Å²) in [6.45, 7) is 5.99. The number of carbonyl (C=O) groups is 2. The minimum absolute atomic E-state index is 0.0439. The van der Waals surface area contributed by atoms with Crippen molar-refractivity contribution in [2.45, 2.75) is 39.7 Å². The van der Waals surface area contributed by atoms with Gasteiger partial charge in [0.05, 0.1) is 17.5 Å². The van der Waals surface area contributed by atoms with Gasteiger partial charge in [-0.3, -0.25) is 9.59 Å². The molecule has 22 heavy (non-hydrogen) atoms. The molecule has 1 aromatic carbocycles. The van der Waals surface area contributed by atoms with Crippen LogP contribution in [0.5, 0.6) is 0 Å². The Bertz CT molecular complexity index is 548. The van der Waals surface area contributed by atoms with Gasteiger partial charge in [-0.25, -0.2) is 4.39 Å². The molecule has 0 aliphatic heterocycles. The van der Waals surface area contributed by atoms with Crippen molar-refractivity contribution >= 4 is 23.5 Å². The van der Waals surface area contributed by atoms with Crippen LogP contribution in [0.2, 0.25) is 5.02 Å². The lowest BCUT2D eigenvalue weighted by Crippen LogP contribution is -2.31. The van der Waals surface area contributed by atoms with Gasteiger partial charge < -0.3 is 10.4 Å². The Morgan fingerprint density at radius 2 is 1.91 bits per heavy atom. The topological polar surface area (TPSA) is 66.4 Å². The van der Waals surface area contributed by atoms with Crippen molar-refractivity contribution in [1.29, 1.82) is 0 Å². The number of carboxylic acid groups (broad SMARTS) is 1. The molecule has 0 spiro atoms. The van der Waals surface area contributed by atoms with Gasteiger partial charge in [-0.15, -0.1) is 0 Å². The molecule has 1 amide bonds. The first-order valence-corrected chi connectivity index (χ1v) is 7.54. The highest BCUT2D eigenvalue weighted by Crippen LogP contribution is 2.23. The highest BCUT2D eigenvalue weighted by molar-refractivity contribution is 6.30. The van der Waals surface area contributed by atoms with Crippen LogP contribution in [0.25, 0.3) is 0 Å². The summed E-state index contributed by atoms with van der Waals surface area (Å²) >= 11 is 5.62. The first kappa shape index (κ1) is 18.4. The van der Waals surface area contributed by atoms with Crippen LogP contribution in [0, 0.1) is 17.7 Å². The van der Waals surface area contributed by atoms with Crippen LogP contribution in [0.1, 0.15) is 45.2 Å². The Morgan fingerprint density at radius 1 is 1.27 bits per heavy atom. The second-order valence-electron chi connectivity index (χ2n) is 5.82. The standard InChI is InChI=1S/C16H21ClFNO3/c1-9(2)10(3)6-15(20)19-14(8-16(21)22)11-4-5-12(17)13(18)7-11/h4-5,7,9-10,14H,6,8H2,1-3H3,(H,19,20)(H,21,22). The molecule has 0 saturated carbocycles. The highest BCUT2D eigenvalue weighted by atomic mass is 35.5. The number of amides is 1. The molecule has 122 valence electrons. The Morgan fingerprint density at radius 3 is 2.41 bits per heavy atom. The van der Waals surface area contributed by atoms with Crippen molar-refractivity contribution in [1.82, 2.24) is 5.32 Å². The van der Waals surface area contributed by atoms with Crippen molar-refractivity contribution < 1.29 is 19.1 Å². The van der Waals surface area contributed by atoms with Crippen molar-refractivity contribution in [3.8, 4) is 0 Å². The average molecular weight is 330 g/mol. The maximum absolute atomic E-state index is 13.5. The second kappa shape index (κ2) is 8.13. The monoisotopic (exact) mass is 329 g/mol. The molecule has 1 aromatic rings. The Labute approximate surface area is 134 Å². The molecule has 0 saturated heterocycles. The minimum atomic E-state index is -1.07. The van der Waals surface area contributed by atoms with Crippen LogP contribution in [0.4, 0.5) is 4.39 Å². The van der Waals surface area contributed by atoms with E-state index in [-0.39, 0.29) is 23.3 Å². The molecule has 0 fully saturated rings. The first-order chi connectivity index (χ1) is 10.2. The van der Waals surface area contributed by atoms with Crippen molar-refractivity contribution in [3.05, 3.63) is 34.6 Å². The molecule has 2 atom stereocenters. The van der Waals surface area contributed by atoms with E-state index in [0.717, 1.165) is 6.07 Å². The third kappa shape index (κ3) is 5.64. The Balaban J connectivity index is 2.86. The molecule has 0 bridgehead atoms. The van der Waals surface area contributed by atoms with E-state index in [1.54, 1.807) is 0 Å². The molecule has 6 heteroatoms. The normalized spacial score (nSPS) is 13.7. The van der Waals surface area contributed by atoms with Crippen molar-refractivity contribution in [2.75, 3.05) is 0 Å². The molecular formula is C16H21ClFNO3. The van der Waals surface area contributed by atoms with Gasteiger partial charge in [0, 0.05) is 6.42 Å². The smallest absolute Gasteiger partial charge is 0.305 e. The molecule has 2 unspecified atom stereocenters. The van der Waals surface area contributed by atoms with E-state index in [9.17, 15) is 14.0 Å². The maximum atomic E-state index is 13.5. The minimum Gasteiger partial charge on any atom is -0.481 e. The average Bonchev–Trinajstić information content (AvgIpc) is 2.40. The van der Waals surface area contributed by atoms with Crippen LogP contribution >= 0.6 is 11.6 Å². The fourth-order valence-corrected chi connectivity index (χ4v) is 2.05. The maximum Gasteiger partial charge on any atom is 0.305 e. The fourth-order valence-electron chi connectivity index (χ4n) is 1.94. The number of halogens is 2. The van der Waals surface area contributed by atoms with E-state index < -0.39 is 17.8 Å². The van der Waals surface area contributed by atoms with Crippen LogP contribution in [0.3, 0.4) is 0 Å². The van der Waals surface area contributed by atoms with E-state index in [0.29, 0.717) is 17.9 Å². The predicted molar refractivity (Wildman–Crippen MR) is 83.2 cm³/mol. The lowest BCUT2D eigenvalue weighted by Gasteiger charge is -2.20. The summed E-state index contributed by atoms with van der Waals surface area (Å²) in [5.41, 5.74) is 0.384. The van der Waals surface area contributed by atoms with Crippen LogP contribution in [-0.4, -0.2) is 17.0 Å². The molecule has 0 aromatic heterocycles. The van der Waals surface area contributed by atoms with E-state index in [1.165, 1.54) is 12.1 Å². The molecule has 0 radical (unpaired) electrons. The summed E-state index contributed by atoms with van der Waals surface area (Å²) in [7, 11) is 0. The number of hydrogen-bond donors (Lipinski definition) is 2. The molecule has 0 aliphatic rings. The van der Waals surface area contributed by atoms with Crippen LogP contribution in [-0.2, 0) is 9.59 Å². The molecule has 2 N–H and O–H groups in total. The summed E-state index contributed by atoms with van der Waals surface area (Å²) in [5.74, 6) is -1.44. The molecule has 1 rings (SSSR count). The second-order valence-corrected chi connectivity index (χ2v) is 6.22. The van der Waals surface area contributed by atoms with E-state index in [2.05, 4.69) is 5.32 Å². The third-order valence-corrected chi connectivity index (χ3v) is 4.01. The van der Waals surface area contributed by atoms with Gasteiger partial charge >= 0.3 is 5.97 Å². The molecular weight excluding hydrogens is 309 g/mol. The number of carboxylic acids is 1. The van der Waals surface area contributed by atoms with Gasteiger partial charge in [-0.05, 0) is 29.5 Å². The van der Waals surface area contributed by atoms with Gasteiger partial charge in [0.2, 0.25) is 5.91 Å². The van der Waals surface area contributed by atoms with E-state index >= 15 is 0 Å². The number of benzene rings is 1. The Hall–Kier alpha value is -1.62. The molecule has 0 heterocycles. The van der Waals surface area contributed by atoms with E-state index in [1.807, 2.05) is 20.8 Å².